The third-order valence-corrected chi connectivity index (χ3v) is 3.34. The number of hydrogen-bond donors (Lipinski definition) is 1. The van der Waals surface area contributed by atoms with Crippen LogP contribution in [0.5, 0.6) is 0 Å². The molecule has 0 rings (SSSR count). The zero-order valence-electron chi connectivity index (χ0n) is 9.14. The van der Waals surface area contributed by atoms with Gasteiger partial charge in [0.05, 0.1) is 13.2 Å². The number of ether oxygens (including phenoxy) is 2. The van der Waals surface area contributed by atoms with Gasteiger partial charge in [-0.3, -0.25) is 9.59 Å². The molecule has 0 aliphatic heterocycles. The predicted molar refractivity (Wildman–Crippen MR) is 64.2 cm³/mol. The quantitative estimate of drug-likeness (QED) is 0.377. The Morgan fingerprint density at radius 2 is 1.56 bits per heavy atom. The van der Waals surface area contributed by atoms with Gasteiger partial charge in [-0.1, -0.05) is 28.5 Å². The van der Waals surface area contributed by atoms with E-state index in [0.29, 0.717) is 6.61 Å². The van der Waals surface area contributed by atoms with Crippen LogP contribution in [-0.4, -0.2) is 48.4 Å². The second-order valence-corrected chi connectivity index (χ2v) is 5.15. The van der Waals surface area contributed by atoms with E-state index in [9.17, 15) is 9.59 Å². The number of aliphatic hydroxyl groups is 1. The van der Waals surface area contributed by atoms with Gasteiger partial charge in [0.25, 0.3) is 0 Å². The van der Waals surface area contributed by atoms with E-state index in [1.807, 2.05) is 6.92 Å². The molecule has 0 spiro atoms. The Bertz CT molecular complexity index is 188. The molecule has 16 heavy (non-hydrogen) atoms. The van der Waals surface area contributed by atoms with E-state index in [0.717, 1.165) is 6.42 Å². The number of esters is 2. The van der Waals surface area contributed by atoms with Crippen molar-refractivity contribution in [2.45, 2.75) is 13.3 Å². The summed E-state index contributed by atoms with van der Waals surface area (Å²) in [6.07, 6.45) is 0.803. The van der Waals surface area contributed by atoms with Gasteiger partial charge in [0, 0.05) is 0 Å². The zero-order valence-corrected chi connectivity index (χ0v) is 10.8. The minimum absolute atomic E-state index is 0.0165. The fraction of sp³-hybridized carbons (Fsp3) is 0.778. The van der Waals surface area contributed by atoms with Gasteiger partial charge in [-0.25, -0.2) is 0 Å². The molecule has 0 unspecified atom stereocenters. The van der Waals surface area contributed by atoms with Crippen LogP contribution in [0.3, 0.4) is 0 Å². The van der Waals surface area contributed by atoms with Gasteiger partial charge in [-0.15, -0.1) is 0 Å². The maximum absolute atomic E-state index is 11.0. The molecule has 0 aliphatic rings. The van der Waals surface area contributed by atoms with Crippen LogP contribution < -0.4 is 0 Å². The minimum Gasteiger partial charge on any atom is -0.465 e. The van der Waals surface area contributed by atoms with Crippen LogP contribution >= 0.6 is 21.6 Å². The molecule has 5 nitrogen and oxygen atoms in total. The summed E-state index contributed by atoms with van der Waals surface area (Å²) in [7, 11) is 2.49. The Labute approximate surface area is 103 Å². The lowest BCUT2D eigenvalue weighted by Gasteiger charge is -2.03. The first kappa shape index (κ1) is 15.6. The van der Waals surface area contributed by atoms with Crippen molar-refractivity contribution in [3.63, 3.8) is 0 Å². The molecule has 0 aromatic rings. The molecule has 0 fully saturated rings. The van der Waals surface area contributed by atoms with Gasteiger partial charge in [-0.2, -0.15) is 0 Å². The van der Waals surface area contributed by atoms with Crippen LogP contribution in [0, 0.1) is 0 Å². The highest BCUT2D eigenvalue weighted by atomic mass is 33.1. The fourth-order valence-electron chi connectivity index (χ4n) is 0.638. The third kappa shape index (κ3) is 10.1. The van der Waals surface area contributed by atoms with E-state index in [1.54, 1.807) is 0 Å². The zero-order chi connectivity index (χ0) is 12.2. The van der Waals surface area contributed by atoms with Gasteiger partial charge in [0.15, 0.2) is 0 Å². The molecule has 0 aromatic heterocycles. The second-order valence-electron chi connectivity index (χ2n) is 2.69. The molecular formula is C9H16O5S2. The number of rotatable bonds is 9. The van der Waals surface area contributed by atoms with Crippen LogP contribution in [0.15, 0.2) is 0 Å². The lowest BCUT2D eigenvalue weighted by Crippen LogP contribution is -2.10. The highest BCUT2D eigenvalue weighted by Gasteiger charge is 2.06. The van der Waals surface area contributed by atoms with Gasteiger partial charge in [0.2, 0.25) is 0 Å². The Kier molecular flexibility index (Phi) is 10.8. The van der Waals surface area contributed by atoms with Crippen molar-refractivity contribution in [3.8, 4) is 0 Å². The summed E-state index contributed by atoms with van der Waals surface area (Å²) in [6.45, 7) is 2.20. The average Bonchev–Trinajstić information content (AvgIpc) is 2.29. The van der Waals surface area contributed by atoms with Gasteiger partial charge >= 0.3 is 11.9 Å². The van der Waals surface area contributed by atoms with E-state index in [1.165, 1.54) is 21.6 Å². The van der Waals surface area contributed by atoms with Gasteiger partial charge in [-0.05, 0) is 6.42 Å². The summed E-state index contributed by atoms with van der Waals surface area (Å²) in [5.74, 6) is -0.291. The normalized spacial score (nSPS) is 9.88. The average molecular weight is 268 g/mol. The molecule has 7 heteroatoms. The largest absolute Gasteiger partial charge is 0.465 e. The lowest BCUT2D eigenvalue weighted by molar-refractivity contribution is -0.141. The topological polar surface area (TPSA) is 72.8 Å². The van der Waals surface area contributed by atoms with Crippen LogP contribution in [-0.2, 0) is 19.1 Å². The number of hydrogen-bond acceptors (Lipinski definition) is 7. The molecule has 0 aliphatic carbocycles. The summed E-state index contributed by atoms with van der Waals surface area (Å²) < 4.78 is 9.46. The number of carbonyl (C=O) groups is 2. The first-order chi connectivity index (χ1) is 7.70. The monoisotopic (exact) mass is 268 g/mol. The van der Waals surface area contributed by atoms with Crippen LogP contribution in [0.1, 0.15) is 13.3 Å². The molecule has 0 radical (unpaired) electrons. The lowest BCUT2D eigenvalue weighted by atomic mass is 10.5. The van der Waals surface area contributed by atoms with Crippen LogP contribution in [0.2, 0.25) is 0 Å². The highest BCUT2D eigenvalue weighted by molar-refractivity contribution is 8.77. The molecule has 0 atom stereocenters. The molecule has 1 N–H and O–H groups in total. The first-order valence-corrected chi connectivity index (χ1v) is 7.36. The van der Waals surface area contributed by atoms with E-state index in [4.69, 9.17) is 9.84 Å². The first-order valence-electron chi connectivity index (χ1n) is 4.87. The van der Waals surface area contributed by atoms with Gasteiger partial charge < -0.3 is 14.6 Å². The maximum atomic E-state index is 11.0. The second kappa shape index (κ2) is 11.1. The predicted octanol–water partition coefficient (Wildman–Crippen LogP) is 0.856. The molecule has 94 valence electrons. The number of carbonyl (C=O) groups excluding carboxylic acids is 2. The molecule has 0 saturated carbocycles. The maximum Gasteiger partial charge on any atom is 0.316 e. The van der Waals surface area contributed by atoms with Crippen molar-refractivity contribution in [1.29, 1.82) is 0 Å². The summed E-state index contributed by atoms with van der Waals surface area (Å²) in [5, 5.41) is 8.39. The molecule has 0 amide bonds. The van der Waals surface area contributed by atoms with Crippen molar-refractivity contribution in [1.82, 2.24) is 0 Å². The summed E-state index contributed by atoms with van der Waals surface area (Å²) in [6, 6.07) is 0. The number of aliphatic hydroxyl groups excluding tert-OH is 1. The van der Waals surface area contributed by atoms with Crippen molar-refractivity contribution in [2.24, 2.45) is 0 Å². The Morgan fingerprint density at radius 3 is 2.00 bits per heavy atom. The van der Waals surface area contributed by atoms with Crippen molar-refractivity contribution in [2.75, 3.05) is 31.3 Å². The van der Waals surface area contributed by atoms with E-state index < -0.39 is 5.97 Å². The summed E-state index contributed by atoms with van der Waals surface area (Å²) in [4.78, 5) is 21.9. The van der Waals surface area contributed by atoms with E-state index >= 15 is 0 Å². The van der Waals surface area contributed by atoms with Crippen molar-refractivity contribution in [3.05, 3.63) is 0 Å². The fourth-order valence-corrected chi connectivity index (χ4v) is 2.24. The van der Waals surface area contributed by atoms with Crippen molar-refractivity contribution < 1.29 is 24.2 Å². The third-order valence-electron chi connectivity index (χ3n) is 1.26. The summed E-state index contributed by atoms with van der Waals surface area (Å²) >= 11 is 0. The van der Waals surface area contributed by atoms with Gasteiger partial charge in [0.1, 0.15) is 18.1 Å². The standard InChI is InChI=1S/C9H16O5S2/c1-2-4-13-8(11)6-15-16-7-9(12)14-5-3-10/h10H,2-7H2,1H3. The van der Waals surface area contributed by atoms with Crippen molar-refractivity contribution >= 4 is 33.5 Å². The Morgan fingerprint density at radius 1 is 1.06 bits per heavy atom. The molecule has 0 heterocycles. The van der Waals surface area contributed by atoms with E-state index in [2.05, 4.69) is 4.74 Å². The minimum atomic E-state index is -0.395. The Balaban J connectivity index is 3.31. The van der Waals surface area contributed by atoms with E-state index in [-0.39, 0.29) is 30.7 Å². The SMILES string of the molecule is CCCOC(=O)CSSCC(=O)OCCO. The van der Waals surface area contributed by atoms with Crippen LogP contribution in [0.25, 0.3) is 0 Å². The smallest absolute Gasteiger partial charge is 0.316 e. The highest BCUT2D eigenvalue weighted by Crippen LogP contribution is 2.21. The summed E-state index contributed by atoms with van der Waals surface area (Å²) in [5.41, 5.74) is 0. The molecule has 0 aromatic carbocycles. The Hall–Kier alpha value is -0.400. The molecule has 0 bridgehead atoms. The molecular weight excluding hydrogens is 252 g/mol. The molecule has 0 saturated heterocycles. The van der Waals surface area contributed by atoms with Crippen LogP contribution in [0.4, 0.5) is 0 Å².